The van der Waals surface area contributed by atoms with E-state index in [1.807, 2.05) is 39.0 Å². The normalized spacial score (nSPS) is 12.1. The minimum Gasteiger partial charge on any atom is -0.444 e. The van der Waals surface area contributed by atoms with Gasteiger partial charge in [-0.05, 0) is 57.7 Å². The SMILES string of the molecule is CCCCNC(=O)C(c1c(C)cccc1C)N(CCO)C(=O)CNC(=O)OC(C)(C)C. The first-order valence-electron chi connectivity index (χ1n) is 10.7. The first kappa shape index (κ1) is 26.4. The Morgan fingerprint density at radius 3 is 2.26 bits per heavy atom. The summed E-state index contributed by atoms with van der Waals surface area (Å²) in [5.41, 5.74) is 1.76. The van der Waals surface area contributed by atoms with Crippen molar-refractivity contribution in [1.29, 1.82) is 0 Å². The van der Waals surface area contributed by atoms with Crippen molar-refractivity contribution in [1.82, 2.24) is 15.5 Å². The summed E-state index contributed by atoms with van der Waals surface area (Å²) in [6.45, 7) is 10.8. The van der Waals surface area contributed by atoms with E-state index in [0.29, 0.717) is 6.54 Å². The Kier molecular flexibility index (Phi) is 10.5. The summed E-state index contributed by atoms with van der Waals surface area (Å²) in [6.07, 6.45) is 1.02. The minimum atomic E-state index is -0.918. The van der Waals surface area contributed by atoms with Crippen LogP contribution >= 0.6 is 0 Å². The average Bonchev–Trinajstić information content (AvgIpc) is 2.66. The lowest BCUT2D eigenvalue weighted by molar-refractivity contribution is -0.140. The van der Waals surface area contributed by atoms with E-state index < -0.39 is 23.6 Å². The number of nitrogens with one attached hydrogen (secondary N) is 2. The third-order valence-electron chi connectivity index (χ3n) is 4.65. The molecule has 8 nitrogen and oxygen atoms in total. The quantitative estimate of drug-likeness (QED) is 0.490. The predicted molar refractivity (Wildman–Crippen MR) is 120 cm³/mol. The van der Waals surface area contributed by atoms with E-state index in [1.165, 1.54) is 4.90 Å². The number of carbonyl (C=O) groups is 3. The molecule has 0 aliphatic carbocycles. The molecule has 1 aromatic rings. The monoisotopic (exact) mass is 435 g/mol. The van der Waals surface area contributed by atoms with Gasteiger partial charge < -0.3 is 25.4 Å². The molecule has 3 amide bonds. The minimum absolute atomic E-state index is 0.0472. The highest BCUT2D eigenvalue weighted by Crippen LogP contribution is 2.28. The first-order chi connectivity index (χ1) is 14.5. The number of nitrogens with zero attached hydrogens (tertiary/aromatic N) is 1. The van der Waals surface area contributed by atoms with Crippen molar-refractivity contribution in [3.8, 4) is 0 Å². The molecule has 3 N–H and O–H groups in total. The highest BCUT2D eigenvalue weighted by atomic mass is 16.6. The fourth-order valence-corrected chi connectivity index (χ4v) is 3.24. The maximum atomic E-state index is 13.2. The molecule has 8 heteroatoms. The Bertz CT molecular complexity index is 738. The van der Waals surface area contributed by atoms with Gasteiger partial charge >= 0.3 is 6.09 Å². The van der Waals surface area contributed by atoms with E-state index in [0.717, 1.165) is 29.5 Å². The Morgan fingerprint density at radius 2 is 1.74 bits per heavy atom. The van der Waals surface area contributed by atoms with Gasteiger partial charge in [0, 0.05) is 13.1 Å². The number of unbranched alkanes of at least 4 members (excludes halogenated alkanes) is 1. The second-order valence-corrected chi connectivity index (χ2v) is 8.52. The van der Waals surface area contributed by atoms with E-state index in [4.69, 9.17) is 4.74 Å². The number of amides is 3. The van der Waals surface area contributed by atoms with Crippen LogP contribution in [0, 0.1) is 13.8 Å². The predicted octanol–water partition coefficient (Wildman–Crippen LogP) is 2.61. The maximum absolute atomic E-state index is 13.2. The summed E-state index contributed by atoms with van der Waals surface area (Å²) in [5, 5.41) is 14.9. The van der Waals surface area contributed by atoms with Gasteiger partial charge in [-0.25, -0.2) is 4.79 Å². The molecular formula is C23H37N3O5. The van der Waals surface area contributed by atoms with Crippen molar-refractivity contribution in [2.45, 2.75) is 66.0 Å². The number of ether oxygens (including phenoxy) is 1. The summed E-state index contributed by atoms with van der Waals surface area (Å²) >= 11 is 0. The van der Waals surface area contributed by atoms with Gasteiger partial charge in [0.25, 0.3) is 0 Å². The molecule has 31 heavy (non-hydrogen) atoms. The van der Waals surface area contributed by atoms with Gasteiger partial charge in [0.1, 0.15) is 18.2 Å². The van der Waals surface area contributed by atoms with Crippen LogP contribution < -0.4 is 10.6 Å². The number of rotatable bonds is 10. The van der Waals surface area contributed by atoms with Crippen molar-refractivity contribution >= 4 is 17.9 Å². The first-order valence-corrected chi connectivity index (χ1v) is 10.7. The highest BCUT2D eigenvalue weighted by molar-refractivity contribution is 5.91. The van der Waals surface area contributed by atoms with E-state index in [1.54, 1.807) is 20.8 Å². The van der Waals surface area contributed by atoms with Crippen molar-refractivity contribution < 1.29 is 24.2 Å². The number of benzene rings is 1. The zero-order valence-electron chi connectivity index (χ0n) is 19.6. The van der Waals surface area contributed by atoms with Gasteiger partial charge in [-0.15, -0.1) is 0 Å². The third-order valence-corrected chi connectivity index (χ3v) is 4.65. The second-order valence-electron chi connectivity index (χ2n) is 8.52. The van der Waals surface area contributed by atoms with Gasteiger partial charge in [-0.1, -0.05) is 31.5 Å². The van der Waals surface area contributed by atoms with Crippen LogP contribution in [0.4, 0.5) is 4.79 Å². The van der Waals surface area contributed by atoms with Crippen LogP contribution in [0.25, 0.3) is 0 Å². The molecule has 0 fully saturated rings. The number of aryl methyl sites for hydroxylation is 2. The molecule has 174 valence electrons. The van der Waals surface area contributed by atoms with Crippen LogP contribution in [0.15, 0.2) is 18.2 Å². The number of carbonyl (C=O) groups excluding carboxylic acids is 3. The molecule has 0 saturated carbocycles. The van der Waals surface area contributed by atoms with Gasteiger partial charge in [-0.2, -0.15) is 0 Å². The fourth-order valence-electron chi connectivity index (χ4n) is 3.24. The number of aliphatic hydroxyl groups is 1. The molecule has 0 saturated heterocycles. The molecule has 1 unspecified atom stereocenters. The van der Waals surface area contributed by atoms with E-state index in [9.17, 15) is 19.5 Å². The average molecular weight is 436 g/mol. The molecule has 0 aliphatic heterocycles. The summed E-state index contributed by atoms with van der Waals surface area (Å²) in [6, 6.07) is 4.74. The molecule has 0 aromatic heterocycles. The van der Waals surface area contributed by atoms with Crippen LogP contribution in [-0.4, -0.2) is 59.8 Å². The van der Waals surface area contributed by atoms with Crippen LogP contribution in [0.3, 0.4) is 0 Å². The Hall–Kier alpha value is -2.61. The van der Waals surface area contributed by atoms with Crippen molar-refractivity contribution in [2.24, 2.45) is 0 Å². The zero-order chi connectivity index (χ0) is 23.6. The van der Waals surface area contributed by atoms with E-state index in [2.05, 4.69) is 10.6 Å². The summed E-state index contributed by atoms with van der Waals surface area (Å²) in [7, 11) is 0. The van der Waals surface area contributed by atoms with Gasteiger partial charge in [-0.3, -0.25) is 9.59 Å². The van der Waals surface area contributed by atoms with Gasteiger partial charge in [0.05, 0.1) is 6.61 Å². The lowest BCUT2D eigenvalue weighted by atomic mass is 9.94. The molecule has 0 aliphatic rings. The fraction of sp³-hybridized carbons (Fsp3) is 0.609. The van der Waals surface area contributed by atoms with Gasteiger partial charge in [0.2, 0.25) is 11.8 Å². The van der Waals surface area contributed by atoms with Crippen LogP contribution in [0.1, 0.15) is 63.3 Å². The molecule has 1 aromatic carbocycles. The summed E-state index contributed by atoms with van der Waals surface area (Å²) in [5.74, 6) is -0.803. The number of aliphatic hydroxyl groups excluding tert-OH is 1. The third kappa shape index (κ3) is 8.57. The topological polar surface area (TPSA) is 108 Å². The van der Waals surface area contributed by atoms with Crippen LogP contribution in [-0.2, 0) is 14.3 Å². The maximum Gasteiger partial charge on any atom is 0.408 e. The molecule has 1 rings (SSSR count). The van der Waals surface area contributed by atoms with E-state index in [-0.39, 0.29) is 25.6 Å². The second kappa shape index (κ2) is 12.3. The lowest BCUT2D eigenvalue weighted by Crippen LogP contribution is -2.49. The molecule has 0 radical (unpaired) electrons. The molecule has 0 bridgehead atoms. The molecule has 0 heterocycles. The van der Waals surface area contributed by atoms with Crippen molar-refractivity contribution in [2.75, 3.05) is 26.2 Å². The number of alkyl carbamates (subject to hydrolysis) is 1. The Morgan fingerprint density at radius 1 is 1.13 bits per heavy atom. The van der Waals surface area contributed by atoms with Gasteiger partial charge in [0.15, 0.2) is 0 Å². The van der Waals surface area contributed by atoms with Crippen molar-refractivity contribution in [3.63, 3.8) is 0 Å². The Labute approximate surface area is 185 Å². The summed E-state index contributed by atoms with van der Waals surface area (Å²) in [4.78, 5) is 39.5. The number of hydrogen-bond donors (Lipinski definition) is 3. The highest BCUT2D eigenvalue weighted by Gasteiger charge is 2.33. The Balaban J connectivity index is 3.18. The zero-order valence-corrected chi connectivity index (χ0v) is 19.6. The smallest absolute Gasteiger partial charge is 0.408 e. The van der Waals surface area contributed by atoms with E-state index >= 15 is 0 Å². The number of hydrogen-bond acceptors (Lipinski definition) is 5. The summed E-state index contributed by atoms with van der Waals surface area (Å²) < 4.78 is 5.17. The molecule has 1 atom stereocenters. The van der Waals surface area contributed by atoms with Crippen molar-refractivity contribution in [3.05, 3.63) is 34.9 Å². The molecule has 0 spiro atoms. The lowest BCUT2D eigenvalue weighted by Gasteiger charge is -2.33. The molecular weight excluding hydrogens is 398 g/mol. The van der Waals surface area contributed by atoms with Crippen LogP contribution in [0.5, 0.6) is 0 Å². The van der Waals surface area contributed by atoms with Crippen LogP contribution in [0.2, 0.25) is 0 Å². The largest absolute Gasteiger partial charge is 0.444 e. The standard InChI is InChI=1S/C23H37N3O5/c1-7-8-12-24-21(29)20(19-16(2)10-9-11-17(19)3)26(13-14-27)18(28)15-25-22(30)31-23(4,5)6/h9-11,20,27H,7-8,12-15H2,1-6H3,(H,24,29)(H,25,30).